The fraction of sp³-hybridized carbons (Fsp3) is 0.190. The molecule has 1 amide bonds. The van der Waals surface area contributed by atoms with Crippen molar-refractivity contribution in [1.29, 1.82) is 0 Å². The maximum atomic E-state index is 13.4. The summed E-state index contributed by atoms with van der Waals surface area (Å²) >= 11 is 0. The summed E-state index contributed by atoms with van der Waals surface area (Å²) in [5.74, 6) is -0.790. The third-order valence-corrected chi connectivity index (χ3v) is 4.35. The van der Waals surface area contributed by atoms with Crippen LogP contribution >= 0.6 is 0 Å². The number of rotatable bonds is 4. The van der Waals surface area contributed by atoms with Crippen LogP contribution in [0.5, 0.6) is 0 Å². The molecule has 1 N–H and O–H groups in total. The number of benzene rings is 2. The first kappa shape index (κ1) is 20.3. The SMILES string of the molecule is CCc1cccc(NC(=O)c2nn(-c3ccccc3C(F)(F)F)c(C)cc2=O)c1. The molecule has 0 fully saturated rings. The fourth-order valence-electron chi connectivity index (χ4n) is 2.91. The Labute approximate surface area is 164 Å². The molecule has 5 nitrogen and oxygen atoms in total. The molecule has 29 heavy (non-hydrogen) atoms. The number of carbonyl (C=O) groups excluding carboxylic acids is 1. The highest BCUT2D eigenvalue weighted by molar-refractivity contribution is 6.02. The van der Waals surface area contributed by atoms with E-state index in [0.717, 1.165) is 28.8 Å². The summed E-state index contributed by atoms with van der Waals surface area (Å²) in [5, 5.41) is 6.53. The zero-order chi connectivity index (χ0) is 21.2. The van der Waals surface area contributed by atoms with Crippen LogP contribution in [0, 0.1) is 6.92 Å². The summed E-state index contributed by atoms with van der Waals surface area (Å²) in [5.41, 5.74) is -0.714. The summed E-state index contributed by atoms with van der Waals surface area (Å²) in [6.45, 7) is 3.41. The minimum atomic E-state index is -4.61. The van der Waals surface area contributed by atoms with Gasteiger partial charge in [0.25, 0.3) is 5.91 Å². The first-order chi connectivity index (χ1) is 13.7. The second kappa shape index (κ2) is 7.90. The second-order valence-corrected chi connectivity index (χ2v) is 6.43. The number of nitrogens with one attached hydrogen (secondary N) is 1. The van der Waals surface area contributed by atoms with Gasteiger partial charge in [0.2, 0.25) is 5.43 Å². The van der Waals surface area contributed by atoms with Crippen LogP contribution in [0.3, 0.4) is 0 Å². The summed E-state index contributed by atoms with van der Waals surface area (Å²) in [7, 11) is 0. The normalized spacial score (nSPS) is 11.3. The fourth-order valence-corrected chi connectivity index (χ4v) is 2.91. The van der Waals surface area contributed by atoms with Crippen LogP contribution in [-0.2, 0) is 12.6 Å². The summed E-state index contributed by atoms with van der Waals surface area (Å²) in [4.78, 5) is 24.9. The van der Waals surface area contributed by atoms with E-state index in [1.54, 1.807) is 18.2 Å². The number of hydrogen-bond acceptors (Lipinski definition) is 3. The zero-order valence-corrected chi connectivity index (χ0v) is 15.7. The van der Waals surface area contributed by atoms with Gasteiger partial charge in [0, 0.05) is 17.4 Å². The molecule has 0 saturated heterocycles. The molecular weight excluding hydrogens is 383 g/mol. The Hall–Kier alpha value is -3.42. The highest BCUT2D eigenvalue weighted by Crippen LogP contribution is 2.33. The number of hydrogen-bond donors (Lipinski definition) is 1. The van der Waals surface area contributed by atoms with Gasteiger partial charge in [-0.3, -0.25) is 9.59 Å². The molecule has 0 aliphatic rings. The predicted octanol–water partition coefficient (Wildman–Crippen LogP) is 4.37. The van der Waals surface area contributed by atoms with Crippen LogP contribution in [0.15, 0.2) is 59.4 Å². The standard InChI is InChI=1S/C21H18F3N3O2/c1-3-14-7-6-8-15(12-14)25-20(29)19-18(28)11-13(2)27(26-19)17-10-5-4-9-16(17)21(22,23)24/h4-12H,3H2,1-2H3,(H,25,29). The Kier molecular flexibility index (Phi) is 5.54. The average molecular weight is 401 g/mol. The largest absolute Gasteiger partial charge is 0.418 e. The van der Waals surface area contributed by atoms with E-state index in [1.807, 2.05) is 13.0 Å². The first-order valence-corrected chi connectivity index (χ1v) is 8.88. The molecule has 0 aliphatic heterocycles. The number of anilines is 1. The van der Waals surface area contributed by atoms with Gasteiger partial charge in [-0.2, -0.15) is 18.3 Å². The lowest BCUT2D eigenvalue weighted by molar-refractivity contribution is -0.137. The molecule has 150 valence electrons. The number of aryl methyl sites for hydroxylation is 2. The van der Waals surface area contributed by atoms with Crippen LogP contribution in [0.25, 0.3) is 5.69 Å². The average Bonchev–Trinajstić information content (AvgIpc) is 2.67. The van der Waals surface area contributed by atoms with Crippen molar-refractivity contribution in [3.8, 4) is 5.69 Å². The number of carbonyl (C=O) groups is 1. The monoisotopic (exact) mass is 401 g/mol. The van der Waals surface area contributed by atoms with Gasteiger partial charge in [0.1, 0.15) is 0 Å². The number of aromatic nitrogens is 2. The number of nitrogens with zero attached hydrogens (tertiary/aromatic N) is 2. The predicted molar refractivity (Wildman–Crippen MR) is 103 cm³/mol. The molecule has 0 saturated carbocycles. The lowest BCUT2D eigenvalue weighted by Crippen LogP contribution is -2.27. The maximum Gasteiger partial charge on any atom is 0.418 e. The number of alkyl halides is 3. The number of amides is 1. The second-order valence-electron chi connectivity index (χ2n) is 6.43. The van der Waals surface area contributed by atoms with Crippen LogP contribution in [-0.4, -0.2) is 15.7 Å². The Morgan fingerprint density at radius 2 is 1.83 bits per heavy atom. The minimum Gasteiger partial charge on any atom is -0.320 e. The van der Waals surface area contributed by atoms with Crippen LogP contribution < -0.4 is 10.7 Å². The third-order valence-electron chi connectivity index (χ3n) is 4.35. The molecular formula is C21H18F3N3O2. The van der Waals surface area contributed by atoms with Gasteiger partial charge in [-0.25, -0.2) is 4.68 Å². The van der Waals surface area contributed by atoms with E-state index in [0.29, 0.717) is 5.69 Å². The topological polar surface area (TPSA) is 64.0 Å². The van der Waals surface area contributed by atoms with Crippen LogP contribution in [0.1, 0.15) is 34.2 Å². The molecule has 0 spiro atoms. The van der Waals surface area contributed by atoms with E-state index < -0.39 is 28.8 Å². The van der Waals surface area contributed by atoms with Crippen molar-refractivity contribution in [2.75, 3.05) is 5.32 Å². The first-order valence-electron chi connectivity index (χ1n) is 8.88. The van der Waals surface area contributed by atoms with Gasteiger partial charge >= 0.3 is 6.18 Å². The number of halogens is 3. The molecule has 0 aliphatic carbocycles. The van der Waals surface area contributed by atoms with Gasteiger partial charge < -0.3 is 5.32 Å². The molecule has 3 rings (SSSR count). The Balaban J connectivity index is 2.05. The summed E-state index contributed by atoms with van der Waals surface area (Å²) in [6, 6.07) is 13.0. The lowest BCUT2D eigenvalue weighted by atomic mass is 10.1. The van der Waals surface area contributed by atoms with Gasteiger partial charge in [0.05, 0.1) is 11.3 Å². The van der Waals surface area contributed by atoms with E-state index in [9.17, 15) is 22.8 Å². The van der Waals surface area contributed by atoms with Gasteiger partial charge in [0.15, 0.2) is 5.69 Å². The summed E-state index contributed by atoms with van der Waals surface area (Å²) in [6.07, 6.45) is -3.86. The van der Waals surface area contributed by atoms with Crippen molar-refractivity contribution < 1.29 is 18.0 Å². The van der Waals surface area contributed by atoms with Crippen molar-refractivity contribution in [2.24, 2.45) is 0 Å². The minimum absolute atomic E-state index is 0.177. The molecule has 0 atom stereocenters. The van der Waals surface area contributed by atoms with Crippen molar-refractivity contribution in [3.05, 3.63) is 87.3 Å². The van der Waals surface area contributed by atoms with Gasteiger partial charge in [-0.15, -0.1) is 0 Å². The lowest BCUT2D eigenvalue weighted by Gasteiger charge is -2.16. The molecule has 1 heterocycles. The molecule has 0 bridgehead atoms. The molecule has 0 unspecified atom stereocenters. The van der Waals surface area contributed by atoms with E-state index in [-0.39, 0.29) is 11.4 Å². The highest BCUT2D eigenvalue weighted by Gasteiger charge is 2.34. The van der Waals surface area contributed by atoms with E-state index in [1.165, 1.54) is 25.1 Å². The van der Waals surface area contributed by atoms with E-state index >= 15 is 0 Å². The van der Waals surface area contributed by atoms with Crippen LogP contribution in [0.4, 0.5) is 18.9 Å². The maximum absolute atomic E-state index is 13.4. The van der Waals surface area contributed by atoms with Crippen molar-refractivity contribution in [2.45, 2.75) is 26.4 Å². The van der Waals surface area contributed by atoms with E-state index in [4.69, 9.17) is 0 Å². The third kappa shape index (κ3) is 4.37. The molecule has 2 aromatic carbocycles. The smallest absolute Gasteiger partial charge is 0.320 e. The van der Waals surface area contributed by atoms with Crippen molar-refractivity contribution in [1.82, 2.24) is 9.78 Å². The Morgan fingerprint density at radius 1 is 1.10 bits per heavy atom. The molecule has 0 radical (unpaired) electrons. The molecule has 8 heteroatoms. The zero-order valence-electron chi connectivity index (χ0n) is 15.7. The molecule has 1 aromatic heterocycles. The molecule has 3 aromatic rings. The quantitative estimate of drug-likeness (QED) is 0.706. The van der Waals surface area contributed by atoms with E-state index in [2.05, 4.69) is 10.4 Å². The van der Waals surface area contributed by atoms with Crippen molar-refractivity contribution >= 4 is 11.6 Å². The Bertz CT molecular complexity index is 1120. The van der Waals surface area contributed by atoms with Gasteiger partial charge in [-0.05, 0) is 43.2 Å². The Morgan fingerprint density at radius 3 is 2.52 bits per heavy atom. The van der Waals surface area contributed by atoms with Gasteiger partial charge in [-0.1, -0.05) is 31.2 Å². The van der Waals surface area contributed by atoms with Crippen LogP contribution in [0.2, 0.25) is 0 Å². The number of para-hydroxylation sites is 1. The highest BCUT2D eigenvalue weighted by atomic mass is 19.4. The summed E-state index contributed by atoms with van der Waals surface area (Å²) < 4.78 is 41.1. The van der Waals surface area contributed by atoms with Crippen molar-refractivity contribution in [3.63, 3.8) is 0 Å².